The van der Waals surface area contributed by atoms with Crippen LogP contribution in [0.3, 0.4) is 0 Å². The minimum Gasteiger partial charge on any atom is -0.485 e. The first-order valence-electron chi connectivity index (χ1n) is 9.34. The molecule has 2 aromatic heterocycles. The summed E-state index contributed by atoms with van der Waals surface area (Å²) in [5.41, 5.74) is -0.291. The number of carbonyl (C=O) groups is 1. The van der Waals surface area contributed by atoms with Gasteiger partial charge in [0.2, 0.25) is 5.91 Å². The number of ether oxygens (including phenoxy) is 1. The van der Waals surface area contributed by atoms with E-state index in [2.05, 4.69) is 15.0 Å². The molecule has 2 aliphatic rings. The van der Waals surface area contributed by atoms with E-state index < -0.39 is 0 Å². The molecule has 0 N–H and O–H groups in total. The molecule has 2 aromatic rings. The Morgan fingerprint density at radius 3 is 2.85 bits per heavy atom. The minimum absolute atomic E-state index is 0.0433. The van der Waals surface area contributed by atoms with Gasteiger partial charge in [-0.25, -0.2) is 14.5 Å². The Morgan fingerprint density at radius 2 is 2.11 bits per heavy atom. The van der Waals surface area contributed by atoms with E-state index in [1.807, 2.05) is 12.1 Å². The lowest BCUT2D eigenvalue weighted by molar-refractivity contribution is -0.131. The monoisotopic (exact) mass is 372 g/mol. The molecule has 0 spiro atoms. The molecule has 0 aromatic carbocycles. The van der Waals surface area contributed by atoms with Gasteiger partial charge in [-0.15, -0.1) is 0 Å². The number of amides is 1. The van der Waals surface area contributed by atoms with Crippen molar-refractivity contribution in [1.82, 2.24) is 24.2 Å². The number of carbonyl (C=O) groups excluding carboxylic acids is 1. The minimum atomic E-state index is -0.291. The van der Waals surface area contributed by atoms with E-state index in [9.17, 15) is 9.59 Å². The Hall–Kier alpha value is -2.84. The Balaban J connectivity index is 1.38. The van der Waals surface area contributed by atoms with E-state index in [0.717, 1.165) is 31.1 Å². The van der Waals surface area contributed by atoms with Gasteiger partial charge in [-0.2, -0.15) is 5.10 Å². The van der Waals surface area contributed by atoms with Gasteiger partial charge in [-0.05, 0) is 25.0 Å². The van der Waals surface area contributed by atoms with Crippen molar-refractivity contribution in [3.05, 3.63) is 35.1 Å². The van der Waals surface area contributed by atoms with Crippen molar-refractivity contribution < 1.29 is 9.53 Å². The molecule has 0 saturated carbocycles. The fourth-order valence-electron chi connectivity index (χ4n) is 3.63. The lowest BCUT2D eigenvalue weighted by Gasteiger charge is -2.22. The fourth-order valence-corrected chi connectivity index (χ4v) is 3.63. The second-order valence-electron chi connectivity index (χ2n) is 7.07. The van der Waals surface area contributed by atoms with Crippen LogP contribution in [0.4, 0.5) is 5.82 Å². The number of nitrogens with zero attached hydrogens (tertiary/aromatic N) is 6. The summed E-state index contributed by atoms with van der Waals surface area (Å²) in [6, 6.07) is 3.82. The average Bonchev–Trinajstić information content (AvgIpc) is 3.41. The number of hydrogen-bond donors (Lipinski definition) is 0. The molecule has 1 unspecified atom stereocenters. The first-order valence-corrected chi connectivity index (χ1v) is 9.34. The molecule has 2 fully saturated rings. The number of aromatic nitrogens is 4. The van der Waals surface area contributed by atoms with Gasteiger partial charge in [-0.1, -0.05) is 0 Å². The van der Waals surface area contributed by atoms with Crippen LogP contribution in [-0.4, -0.2) is 62.4 Å². The number of pyridine rings is 1. The van der Waals surface area contributed by atoms with Crippen molar-refractivity contribution in [2.45, 2.75) is 31.9 Å². The largest absolute Gasteiger partial charge is 0.485 e. The molecule has 2 aliphatic heterocycles. The zero-order valence-electron chi connectivity index (χ0n) is 15.5. The third kappa shape index (κ3) is 3.67. The number of aryl methyl sites for hydroxylation is 1. The Labute approximate surface area is 157 Å². The summed E-state index contributed by atoms with van der Waals surface area (Å²) in [5, 5.41) is 3.94. The normalized spacial score (nSPS) is 19.7. The molecule has 4 rings (SSSR count). The molecule has 2 saturated heterocycles. The SMILES string of the molecule is Cn1cnn(CC(=O)N2CCC(Oc3cccnc3N3CCCC3)C2)c1=O. The smallest absolute Gasteiger partial charge is 0.345 e. The molecule has 1 amide bonds. The zero-order valence-corrected chi connectivity index (χ0v) is 15.5. The van der Waals surface area contributed by atoms with Gasteiger partial charge in [0.15, 0.2) is 11.6 Å². The number of rotatable bonds is 5. The first kappa shape index (κ1) is 17.6. The highest BCUT2D eigenvalue weighted by Crippen LogP contribution is 2.30. The second-order valence-corrected chi connectivity index (χ2v) is 7.07. The highest BCUT2D eigenvalue weighted by atomic mass is 16.5. The molecule has 9 nitrogen and oxygen atoms in total. The lowest BCUT2D eigenvalue weighted by Crippen LogP contribution is -2.36. The quantitative estimate of drug-likeness (QED) is 0.748. The van der Waals surface area contributed by atoms with Crippen molar-refractivity contribution in [3.63, 3.8) is 0 Å². The van der Waals surface area contributed by atoms with Gasteiger partial charge in [-0.3, -0.25) is 9.36 Å². The van der Waals surface area contributed by atoms with Gasteiger partial charge in [0.05, 0.1) is 6.54 Å². The molecule has 0 radical (unpaired) electrons. The summed E-state index contributed by atoms with van der Waals surface area (Å²) in [6.45, 7) is 3.08. The van der Waals surface area contributed by atoms with Crippen LogP contribution in [0.2, 0.25) is 0 Å². The van der Waals surface area contributed by atoms with Crippen molar-refractivity contribution in [1.29, 1.82) is 0 Å². The molecule has 0 aliphatic carbocycles. The average molecular weight is 372 g/mol. The molecular weight excluding hydrogens is 348 g/mol. The van der Waals surface area contributed by atoms with E-state index in [4.69, 9.17) is 4.74 Å². The summed E-state index contributed by atoms with van der Waals surface area (Å²) in [5.74, 6) is 1.55. The third-order valence-electron chi connectivity index (χ3n) is 5.12. The summed E-state index contributed by atoms with van der Waals surface area (Å²) < 4.78 is 8.73. The van der Waals surface area contributed by atoms with Gasteiger partial charge >= 0.3 is 5.69 Å². The van der Waals surface area contributed by atoms with Gasteiger partial charge < -0.3 is 14.5 Å². The van der Waals surface area contributed by atoms with Gasteiger partial charge in [0, 0.05) is 39.3 Å². The summed E-state index contributed by atoms with van der Waals surface area (Å²) in [6.07, 6.45) is 6.24. The molecule has 0 bridgehead atoms. The number of hydrogen-bond acceptors (Lipinski definition) is 6. The Bertz CT molecular complexity index is 870. The van der Waals surface area contributed by atoms with Crippen LogP contribution in [0.25, 0.3) is 0 Å². The predicted octanol–water partition coefficient (Wildman–Crippen LogP) is 0.257. The maximum absolute atomic E-state index is 12.5. The molecule has 9 heteroatoms. The first-order chi connectivity index (χ1) is 13.1. The Morgan fingerprint density at radius 1 is 1.30 bits per heavy atom. The van der Waals surface area contributed by atoms with E-state index in [1.165, 1.54) is 28.4 Å². The van der Waals surface area contributed by atoms with Gasteiger partial charge in [0.1, 0.15) is 19.0 Å². The number of anilines is 1. The standard InChI is InChI=1S/C18H24N6O3/c1-21-13-20-24(18(21)26)12-16(25)23-10-6-14(11-23)27-15-5-4-7-19-17(15)22-8-2-3-9-22/h4-5,7,13-14H,2-3,6,8-12H2,1H3. The molecule has 4 heterocycles. The maximum atomic E-state index is 12.5. The zero-order chi connectivity index (χ0) is 18.8. The molecule has 1 atom stereocenters. The van der Waals surface area contributed by atoms with Crippen molar-refractivity contribution in [2.75, 3.05) is 31.1 Å². The number of likely N-dealkylation sites (tertiary alicyclic amines) is 1. The molecule has 27 heavy (non-hydrogen) atoms. The van der Waals surface area contributed by atoms with Crippen molar-refractivity contribution in [3.8, 4) is 5.75 Å². The summed E-state index contributed by atoms with van der Waals surface area (Å²) in [4.78, 5) is 32.8. The van der Waals surface area contributed by atoms with E-state index in [-0.39, 0.29) is 24.2 Å². The van der Waals surface area contributed by atoms with Crippen LogP contribution in [0.5, 0.6) is 5.75 Å². The maximum Gasteiger partial charge on any atom is 0.345 e. The van der Waals surface area contributed by atoms with Gasteiger partial charge in [0.25, 0.3) is 0 Å². The Kier molecular flexibility index (Phi) is 4.83. The van der Waals surface area contributed by atoms with Crippen LogP contribution in [0.15, 0.2) is 29.5 Å². The van der Waals surface area contributed by atoms with Crippen LogP contribution in [-0.2, 0) is 18.4 Å². The highest BCUT2D eigenvalue weighted by Gasteiger charge is 2.29. The molecular formula is C18H24N6O3. The fraction of sp³-hybridized carbons (Fsp3) is 0.556. The van der Waals surface area contributed by atoms with Crippen LogP contribution in [0.1, 0.15) is 19.3 Å². The summed E-state index contributed by atoms with van der Waals surface area (Å²) in [7, 11) is 1.61. The van der Waals surface area contributed by atoms with Crippen LogP contribution >= 0.6 is 0 Å². The van der Waals surface area contributed by atoms with Crippen molar-refractivity contribution >= 4 is 11.7 Å². The second kappa shape index (κ2) is 7.42. The predicted molar refractivity (Wildman–Crippen MR) is 98.8 cm³/mol. The van der Waals surface area contributed by atoms with Crippen molar-refractivity contribution in [2.24, 2.45) is 7.05 Å². The topological polar surface area (TPSA) is 85.5 Å². The van der Waals surface area contributed by atoms with Crippen LogP contribution in [0, 0.1) is 0 Å². The van der Waals surface area contributed by atoms with Crippen LogP contribution < -0.4 is 15.3 Å². The van der Waals surface area contributed by atoms with E-state index >= 15 is 0 Å². The third-order valence-corrected chi connectivity index (χ3v) is 5.12. The highest BCUT2D eigenvalue weighted by molar-refractivity contribution is 5.76. The van der Waals surface area contributed by atoms with E-state index in [1.54, 1.807) is 18.1 Å². The molecule has 144 valence electrons. The summed E-state index contributed by atoms with van der Waals surface area (Å²) >= 11 is 0. The lowest BCUT2D eigenvalue weighted by atomic mass is 10.3. The van der Waals surface area contributed by atoms with E-state index in [0.29, 0.717) is 13.1 Å².